The second-order valence-corrected chi connectivity index (χ2v) is 5.88. The van der Waals surface area contributed by atoms with Gasteiger partial charge in [-0.25, -0.2) is 0 Å². The summed E-state index contributed by atoms with van der Waals surface area (Å²) in [5.41, 5.74) is 3.15. The van der Waals surface area contributed by atoms with Crippen molar-refractivity contribution in [2.75, 3.05) is 33.4 Å². The zero-order valence-corrected chi connectivity index (χ0v) is 13.3. The number of carbonyl (C=O) groups is 1. The molecule has 1 aromatic carbocycles. The van der Waals surface area contributed by atoms with Gasteiger partial charge in [-0.2, -0.15) is 0 Å². The Morgan fingerprint density at radius 1 is 1.29 bits per heavy atom. The molecule has 1 aliphatic rings. The number of hydrogen-bond acceptors (Lipinski definition) is 3. The van der Waals surface area contributed by atoms with Crippen LogP contribution in [0.15, 0.2) is 18.2 Å². The average molecular weight is 290 g/mol. The summed E-state index contributed by atoms with van der Waals surface area (Å²) in [6.45, 7) is 7.92. The highest BCUT2D eigenvalue weighted by Crippen LogP contribution is 2.13. The van der Waals surface area contributed by atoms with Crippen molar-refractivity contribution in [3.63, 3.8) is 0 Å². The summed E-state index contributed by atoms with van der Waals surface area (Å²) in [5, 5.41) is 3.16. The number of likely N-dealkylation sites (tertiary alicyclic amines) is 1. The molecule has 1 amide bonds. The van der Waals surface area contributed by atoms with Crippen LogP contribution in [0.2, 0.25) is 0 Å². The van der Waals surface area contributed by atoms with Crippen LogP contribution < -0.4 is 5.32 Å². The highest BCUT2D eigenvalue weighted by Gasteiger charge is 2.20. The van der Waals surface area contributed by atoms with Gasteiger partial charge in [-0.05, 0) is 49.9 Å². The minimum atomic E-state index is 0.0495. The largest absolute Gasteiger partial charge is 0.383 e. The van der Waals surface area contributed by atoms with E-state index in [0.717, 1.165) is 50.2 Å². The smallest absolute Gasteiger partial charge is 0.251 e. The molecule has 0 bridgehead atoms. The van der Waals surface area contributed by atoms with Crippen molar-refractivity contribution in [1.82, 2.24) is 10.2 Å². The molecule has 0 radical (unpaired) electrons. The van der Waals surface area contributed by atoms with Crippen LogP contribution in [0.25, 0.3) is 0 Å². The van der Waals surface area contributed by atoms with Crippen molar-refractivity contribution in [2.24, 2.45) is 0 Å². The van der Waals surface area contributed by atoms with E-state index in [1.165, 1.54) is 5.56 Å². The monoisotopic (exact) mass is 290 g/mol. The first-order valence-corrected chi connectivity index (χ1v) is 7.69. The maximum Gasteiger partial charge on any atom is 0.251 e. The molecule has 21 heavy (non-hydrogen) atoms. The summed E-state index contributed by atoms with van der Waals surface area (Å²) < 4.78 is 5.10. The van der Waals surface area contributed by atoms with E-state index in [2.05, 4.69) is 17.1 Å². The molecule has 116 valence electrons. The molecule has 4 heteroatoms. The van der Waals surface area contributed by atoms with Crippen molar-refractivity contribution in [1.29, 1.82) is 0 Å². The minimum Gasteiger partial charge on any atom is -0.383 e. The highest BCUT2D eigenvalue weighted by molar-refractivity contribution is 5.94. The average Bonchev–Trinajstić information content (AvgIpc) is 2.49. The zero-order chi connectivity index (χ0) is 15.2. The molecule has 4 nitrogen and oxygen atoms in total. The highest BCUT2D eigenvalue weighted by atomic mass is 16.5. The number of amides is 1. The summed E-state index contributed by atoms with van der Waals surface area (Å²) >= 11 is 0. The van der Waals surface area contributed by atoms with Crippen LogP contribution in [0.4, 0.5) is 0 Å². The van der Waals surface area contributed by atoms with Gasteiger partial charge >= 0.3 is 0 Å². The van der Waals surface area contributed by atoms with Crippen LogP contribution in [0.5, 0.6) is 0 Å². The van der Waals surface area contributed by atoms with Gasteiger partial charge in [0, 0.05) is 38.3 Å². The fraction of sp³-hybridized carbons (Fsp3) is 0.588. The van der Waals surface area contributed by atoms with Gasteiger partial charge in [-0.15, -0.1) is 0 Å². The van der Waals surface area contributed by atoms with E-state index in [1.54, 1.807) is 7.11 Å². The van der Waals surface area contributed by atoms with Gasteiger partial charge in [-0.3, -0.25) is 4.79 Å². The van der Waals surface area contributed by atoms with E-state index < -0.39 is 0 Å². The number of nitrogens with zero attached hydrogens (tertiary/aromatic N) is 1. The fourth-order valence-corrected chi connectivity index (χ4v) is 2.67. The summed E-state index contributed by atoms with van der Waals surface area (Å²) in [6, 6.07) is 6.18. The SMILES string of the molecule is COCCN1CCC(NC(=O)c2ccc(C)c(C)c2)CC1. The summed E-state index contributed by atoms with van der Waals surface area (Å²) in [5.74, 6) is 0.0495. The topological polar surface area (TPSA) is 41.6 Å². The molecule has 0 aliphatic carbocycles. The van der Waals surface area contributed by atoms with Gasteiger partial charge in [-0.1, -0.05) is 6.07 Å². The van der Waals surface area contributed by atoms with Crippen molar-refractivity contribution < 1.29 is 9.53 Å². The molecule has 1 saturated heterocycles. The lowest BCUT2D eigenvalue weighted by atomic mass is 10.0. The van der Waals surface area contributed by atoms with E-state index >= 15 is 0 Å². The molecular weight excluding hydrogens is 264 g/mol. The Kier molecular flexibility index (Phi) is 5.76. The van der Waals surface area contributed by atoms with Crippen molar-refractivity contribution >= 4 is 5.91 Å². The van der Waals surface area contributed by atoms with Gasteiger partial charge in [0.15, 0.2) is 0 Å². The summed E-state index contributed by atoms with van der Waals surface area (Å²) in [6.07, 6.45) is 2.03. The number of carbonyl (C=O) groups excluding carboxylic acids is 1. The third-order valence-electron chi connectivity index (χ3n) is 4.30. The second-order valence-electron chi connectivity index (χ2n) is 5.88. The van der Waals surface area contributed by atoms with Crippen LogP contribution >= 0.6 is 0 Å². The lowest BCUT2D eigenvalue weighted by molar-refractivity contribution is 0.0892. The Bertz CT molecular complexity index is 480. The number of aryl methyl sites for hydroxylation is 2. The van der Waals surface area contributed by atoms with Gasteiger partial charge in [0.1, 0.15) is 0 Å². The quantitative estimate of drug-likeness (QED) is 0.903. The molecule has 0 saturated carbocycles. The first kappa shape index (κ1) is 16.0. The number of benzene rings is 1. The number of ether oxygens (including phenoxy) is 1. The molecule has 2 rings (SSSR count). The number of rotatable bonds is 5. The predicted octanol–water partition coefficient (Wildman–Crippen LogP) is 2.14. The standard InChI is InChI=1S/C17H26N2O2/c1-13-4-5-15(12-14(13)2)17(20)18-16-6-8-19(9-7-16)10-11-21-3/h4-5,12,16H,6-11H2,1-3H3,(H,18,20). The Balaban J connectivity index is 1.82. The molecular formula is C17H26N2O2. The molecule has 1 fully saturated rings. The molecule has 1 heterocycles. The first-order valence-electron chi connectivity index (χ1n) is 7.69. The van der Waals surface area contributed by atoms with E-state index in [1.807, 2.05) is 25.1 Å². The Labute approximate surface area is 127 Å². The third-order valence-corrected chi connectivity index (χ3v) is 4.30. The Morgan fingerprint density at radius 3 is 2.62 bits per heavy atom. The van der Waals surface area contributed by atoms with Crippen molar-refractivity contribution in [3.05, 3.63) is 34.9 Å². The van der Waals surface area contributed by atoms with E-state index in [-0.39, 0.29) is 11.9 Å². The van der Waals surface area contributed by atoms with Crippen LogP contribution in [0, 0.1) is 13.8 Å². The maximum atomic E-state index is 12.3. The fourth-order valence-electron chi connectivity index (χ4n) is 2.67. The summed E-state index contributed by atoms with van der Waals surface area (Å²) in [7, 11) is 1.73. The van der Waals surface area contributed by atoms with E-state index in [4.69, 9.17) is 4.74 Å². The van der Waals surface area contributed by atoms with Gasteiger partial charge in [0.2, 0.25) is 0 Å². The van der Waals surface area contributed by atoms with E-state index in [9.17, 15) is 4.79 Å². The van der Waals surface area contributed by atoms with Crippen molar-refractivity contribution in [2.45, 2.75) is 32.7 Å². The Hall–Kier alpha value is -1.39. The minimum absolute atomic E-state index is 0.0495. The van der Waals surface area contributed by atoms with Crippen LogP contribution in [0.3, 0.4) is 0 Å². The number of hydrogen-bond donors (Lipinski definition) is 1. The second kappa shape index (κ2) is 7.57. The van der Waals surface area contributed by atoms with Crippen LogP contribution in [0.1, 0.15) is 34.3 Å². The Morgan fingerprint density at radius 2 is 2.00 bits per heavy atom. The molecule has 0 spiro atoms. The van der Waals surface area contributed by atoms with Gasteiger partial charge < -0.3 is 15.0 Å². The number of piperidine rings is 1. The predicted molar refractivity (Wildman–Crippen MR) is 84.7 cm³/mol. The van der Waals surface area contributed by atoms with Gasteiger partial charge in [0.25, 0.3) is 5.91 Å². The van der Waals surface area contributed by atoms with Crippen LogP contribution in [-0.2, 0) is 4.74 Å². The lowest BCUT2D eigenvalue weighted by Crippen LogP contribution is -2.45. The molecule has 1 aromatic rings. The molecule has 0 unspecified atom stereocenters. The van der Waals surface area contributed by atoms with E-state index in [0.29, 0.717) is 0 Å². The summed E-state index contributed by atoms with van der Waals surface area (Å²) in [4.78, 5) is 14.7. The molecule has 1 aliphatic heterocycles. The first-order chi connectivity index (χ1) is 10.1. The van der Waals surface area contributed by atoms with Crippen molar-refractivity contribution in [3.8, 4) is 0 Å². The van der Waals surface area contributed by atoms with Crippen LogP contribution in [-0.4, -0.2) is 50.2 Å². The number of nitrogens with one attached hydrogen (secondary N) is 1. The lowest BCUT2D eigenvalue weighted by Gasteiger charge is -2.32. The molecule has 1 N–H and O–H groups in total. The molecule has 0 aromatic heterocycles. The zero-order valence-electron chi connectivity index (χ0n) is 13.3. The normalized spacial score (nSPS) is 16.9. The molecule has 0 atom stereocenters. The maximum absolute atomic E-state index is 12.3. The third kappa shape index (κ3) is 4.55. The van der Waals surface area contributed by atoms with Gasteiger partial charge in [0.05, 0.1) is 6.61 Å². The number of methoxy groups -OCH3 is 1.